The Morgan fingerprint density at radius 1 is 1.43 bits per heavy atom. The standard InChI is InChI=1S/C16H22FN3O/c1-19(7-2-10-21)14-5-8-20(9-6-14)16-4-3-13(12-18)11-15(16)17/h3-4,11,14,21H,2,5-10H2,1H3. The Morgan fingerprint density at radius 2 is 2.14 bits per heavy atom. The Kier molecular flexibility index (Phi) is 5.54. The van der Waals surface area contributed by atoms with Crippen molar-refractivity contribution in [3.8, 4) is 6.07 Å². The number of nitriles is 1. The molecular weight excluding hydrogens is 269 g/mol. The molecule has 0 aliphatic carbocycles. The third-order valence-electron chi connectivity index (χ3n) is 4.17. The summed E-state index contributed by atoms with van der Waals surface area (Å²) in [5.41, 5.74) is 0.945. The van der Waals surface area contributed by atoms with E-state index in [0.29, 0.717) is 17.3 Å². The average Bonchev–Trinajstić information content (AvgIpc) is 2.52. The number of nitrogens with zero attached hydrogens (tertiary/aromatic N) is 3. The zero-order chi connectivity index (χ0) is 15.2. The molecule has 0 aromatic heterocycles. The highest BCUT2D eigenvalue weighted by Gasteiger charge is 2.23. The second kappa shape index (κ2) is 7.39. The number of rotatable bonds is 5. The summed E-state index contributed by atoms with van der Waals surface area (Å²) in [6.45, 7) is 2.75. The van der Waals surface area contributed by atoms with E-state index in [9.17, 15) is 4.39 Å². The first-order valence-electron chi connectivity index (χ1n) is 7.41. The molecule has 114 valence electrons. The molecule has 0 bridgehead atoms. The molecule has 5 heteroatoms. The number of hydrogen-bond acceptors (Lipinski definition) is 4. The fourth-order valence-corrected chi connectivity index (χ4v) is 2.88. The Bertz CT molecular complexity index is 507. The minimum atomic E-state index is -0.318. The van der Waals surface area contributed by atoms with Gasteiger partial charge in [-0.3, -0.25) is 0 Å². The number of benzene rings is 1. The van der Waals surface area contributed by atoms with Crippen molar-refractivity contribution < 1.29 is 9.50 Å². The highest BCUT2D eigenvalue weighted by molar-refractivity contribution is 5.51. The third-order valence-corrected chi connectivity index (χ3v) is 4.17. The number of anilines is 1. The van der Waals surface area contributed by atoms with Gasteiger partial charge in [0.05, 0.1) is 17.3 Å². The van der Waals surface area contributed by atoms with Gasteiger partial charge >= 0.3 is 0 Å². The summed E-state index contributed by atoms with van der Waals surface area (Å²) in [6.07, 6.45) is 2.77. The van der Waals surface area contributed by atoms with Gasteiger partial charge in [-0.25, -0.2) is 4.39 Å². The van der Waals surface area contributed by atoms with E-state index in [0.717, 1.165) is 38.9 Å². The molecule has 0 saturated carbocycles. The minimum absolute atomic E-state index is 0.222. The van der Waals surface area contributed by atoms with Crippen molar-refractivity contribution in [2.24, 2.45) is 0 Å². The number of hydrogen-bond donors (Lipinski definition) is 1. The lowest BCUT2D eigenvalue weighted by atomic mass is 10.0. The van der Waals surface area contributed by atoms with Gasteiger partial charge in [0.2, 0.25) is 0 Å². The lowest BCUT2D eigenvalue weighted by Gasteiger charge is -2.38. The van der Waals surface area contributed by atoms with E-state index in [4.69, 9.17) is 10.4 Å². The van der Waals surface area contributed by atoms with Gasteiger partial charge in [0, 0.05) is 32.3 Å². The molecule has 1 aromatic carbocycles. The fraction of sp³-hybridized carbons (Fsp3) is 0.562. The summed E-state index contributed by atoms with van der Waals surface area (Å²) < 4.78 is 14.0. The lowest BCUT2D eigenvalue weighted by molar-refractivity contribution is 0.184. The van der Waals surface area contributed by atoms with Crippen molar-refractivity contribution in [1.29, 1.82) is 5.26 Å². The molecule has 1 fully saturated rings. The van der Waals surface area contributed by atoms with E-state index in [2.05, 4.69) is 11.9 Å². The second-order valence-electron chi connectivity index (χ2n) is 5.55. The van der Waals surface area contributed by atoms with Crippen LogP contribution in [0.5, 0.6) is 0 Å². The molecule has 0 spiro atoms. The molecule has 0 unspecified atom stereocenters. The Balaban J connectivity index is 1.93. The topological polar surface area (TPSA) is 50.5 Å². The molecule has 0 amide bonds. The second-order valence-corrected chi connectivity index (χ2v) is 5.55. The molecule has 0 atom stereocenters. The number of halogens is 1. The Morgan fingerprint density at radius 3 is 2.71 bits per heavy atom. The van der Waals surface area contributed by atoms with E-state index in [1.54, 1.807) is 12.1 Å². The summed E-state index contributed by atoms with van der Waals surface area (Å²) in [5.74, 6) is -0.318. The minimum Gasteiger partial charge on any atom is -0.396 e. The fourth-order valence-electron chi connectivity index (χ4n) is 2.88. The SMILES string of the molecule is CN(CCCO)C1CCN(c2ccc(C#N)cc2F)CC1. The Hall–Kier alpha value is -1.64. The average molecular weight is 291 g/mol. The molecule has 0 radical (unpaired) electrons. The van der Waals surface area contributed by atoms with Crippen LogP contribution in [0, 0.1) is 17.1 Å². The summed E-state index contributed by atoms with van der Waals surface area (Å²) in [6, 6.07) is 7.11. The summed E-state index contributed by atoms with van der Waals surface area (Å²) in [7, 11) is 2.08. The highest BCUT2D eigenvalue weighted by Crippen LogP contribution is 2.25. The first-order valence-corrected chi connectivity index (χ1v) is 7.41. The van der Waals surface area contributed by atoms with E-state index < -0.39 is 0 Å². The maximum absolute atomic E-state index is 14.0. The highest BCUT2D eigenvalue weighted by atomic mass is 19.1. The molecule has 1 aromatic rings. The zero-order valence-corrected chi connectivity index (χ0v) is 12.4. The van der Waals surface area contributed by atoms with Crippen molar-refractivity contribution in [3.63, 3.8) is 0 Å². The maximum atomic E-state index is 14.0. The van der Waals surface area contributed by atoms with Crippen LogP contribution in [0.15, 0.2) is 18.2 Å². The normalized spacial score (nSPS) is 16.2. The predicted molar refractivity (Wildman–Crippen MR) is 80.7 cm³/mol. The molecule has 1 aliphatic heterocycles. The van der Waals surface area contributed by atoms with E-state index in [1.807, 2.05) is 11.0 Å². The van der Waals surface area contributed by atoms with Crippen LogP contribution in [0.25, 0.3) is 0 Å². The van der Waals surface area contributed by atoms with Gasteiger partial charge < -0.3 is 14.9 Å². The number of piperidine rings is 1. The molecular formula is C16H22FN3O. The van der Waals surface area contributed by atoms with Gasteiger partial charge in [-0.15, -0.1) is 0 Å². The number of aliphatic hydroxyl groups excluding tert-OH is 1. The molecule has 1 N–H and O–H groups in total. The smallest absolute Gasteiger partial charge is 0.147 e. The van der Waals surface area contributed by atoms with Gasteiger partial charge in [0.1, 0.15) is 5.82 Å². The van der Waals surface area contributed by atoms with Crippen LogP contribution < -0.4 is 4.90 Å². The number of aliphatic hydroxyl groups is 1. The first kappa shape index (κ1) is 15.7. The summed E-state index contributed by atoms with van der Waals surface area (Å²) >= 11 is 0. The lowest BCUT2D eigenvalue weighted by Crippen LogP contribution is -2.44. The monoisotopic (exact) mass is 291 g/mol. The van der Waals surface area contributed by atoms with Crippen LogP contribution in [0.4, 0.5) is 10.1 Å². The maximum Gasteiger partial charge on any atom is 0.147 e. The third kappa shape index (κ3) is 3.93. The molecule has 1 saturated heterocycles. The van der Waals surface area contributed by atoms with Gasteiger partial charge in [0.25, 0.3) is 0 Å². The molecule has 21 heavy (non-hydrogen) atoms. The summed E-state index contributed by atoms with van der Waals surface area (Å²) in [5, 5.41) is 17.7. The van der Waals surface area contributed by atoms with Crippen LogP contribution in [-0.2, 0) is 0 Å². The van der Waals surface area contributed by atoms with Crippen LogP contribution in [0.2, 0.25) is 0 Å². The van der Waals surface area contributed by atoms with Crippen molar-refractivity contribution in [2.45, 2.75) is 25.3 Å². The van der Waals surface area contributed by atoms with E-state index in [1.165, 1.54) is 6.07 Å². The van der Waals surface area contributed by atoms with Gasteiger partial charge in [0.15, 0.2) is 0 Å². The van der Waals surface area contributed by atoms with E-state index in [-0.39, 0.29) is 12.4 Å². The molecule has 2 rings (SSSR count). The van der Waals surface area contributed by atoms with Crippen LogP contribution >= 0.6 is 0 Å². The van der Waals surface area contributed by atoms with Crippen molar-refractivity contribution in [2.75, 3.05) is 38.2 Å². The van der Waals surface area contributed by atoms with Crippen LogP contribution in [0.3, 0.4) is 0 Å². The van der Waals surface area contributed by atoms with Crippen LogP contribution in [-0.4, -0.2) is 49.3 Å². The largest absolute Gasteiger partial charge is 0.396 e. The first-order chi connectivity index (χ1) is 10.2. The summed E-state index contributed by atoms with van der Waals surface area (Å²) in [4.78, 5) is 4.33. The van der Waals surface area contributed by atoms with Crippen molar-refractivity contribution in [1.82, 2.24) is 4.90 Å². The van der Waals surface area contributed by atoms with Crippen LogP contribution in [0.1, 0.15) is 24.8 Å². The van der Waals surface area contributed by atoms with E-state index >= 15 is 0 Å². The zero-order valence-electron chi connectivity index (χ0n) is 12.4. The Labute approximate surface area is 125 Å². The van der Waals surface area contributed by atoms with Gasteiger partial charge in [-0.2, -0.15) is 5.26 Å². The van der Waals surface area contributed by atoms with Gasteiger partial charge in [-0.05, 0) is 44.5 Å². The quantitative estimate of drug-likeness (QED) is 0.901. The molecule has 1 heterocycles. The predicted octanol–water partition coefficient (Wildman–Crippen LogP) is 1.98. The van der Waals surface area contributed by atoms with Crippen molar-refractivity contribution >= 4 is 5.69 Å². The molecule has 4 nitrogen and oxygen atoms in total. The van der Waals surface area contributed by atoms with Crippen molar-refractivity contribution in [3.05, 3.63) is 29.6 Å². The van der Waals surface area contributed by atoms with Gasteiger partial charge in [-0.1, -0.05) is 0 Å². The molecule has 1 aliphatic rings.